The lowest BCUT2D eigenvalue weighted by molar-refractivity contribution is -0.149. The van der Waals surface area contributed by atoms with Gasteiger partial charge in [0.05, 0.1) is 11.1 Å². The Labute approximate surface area is 246 Å². The molecule has 2 heterocycles. The van der Waals surface area contributed by atoms with Crippen LogP contribution in [0.3, 0.4) is 0 Å². The molecule has 0 bridgehead atoms. The normalized spacial score (nSPS) is 13.6. The molecule has 0 unspecified atom stereocenters. The first-order valence-corrected chi connectivity index (χ1v) is 13.6. The highest BCUT2D eigenvalue weighted by molar-refractivity contribution is 6.00. The van der Waals surface area contributed by atoms with Crippen molar-refractivity contribution in [3.05, 3.63) is 81.4 Å². The first-order valence-electron chi connectivity index (χ1n) is 13.6. The summed E-state index contributed by atoms with van der Waals surface area (Å²) in [5.41, 5.74) is 1.37. The zero-order valence-electron chi connectivity index (χ0n) is 24.2. The maximum atomic E-state index is 13.5. The van der Waals surface area contributed by atoms with Crippen LogP contribution in [0.5, 0.6) is 23.0 Å². The van der Waals surface area contributed by atoms with Crippen LogP contribution < -0.4 is 14.2 Å². The molecule has 2 aliphatic heterocycles. The van der Waals surface area contributed by atoms with E-state index < -0.39 is 42.2 Å². The number of esters is 5. The lowest BCUT2D eigenvalue weighted by atomic mass is 9.76. The molecule has 0 saturated carbocycles. The van der Waals surface area contributed by atoms with Gasteiger partial charge in [-0.05, 0) is 48.2 Å². The van der Waals surface area contributed by atoms with Gasteiger partial charge in [0.25, 0.3) is 0 Å². The molecule has 1 spiro atoms. The van der Waals surface area contributed by atoms with E-state index >= 15 is 0 Å². The molecular weight excluding hydrogens is 560 g/mol. The quantitative estimate of drug-likeness (QED) is 0.211. The Balaban J connectivity index is 1.73. The summed E-state index contributed by atoms with van der Waals surface area (Å²) in [6.07, 6.45) is 0.969. The minimum absolute atomic E-state index is 0.0475. The lowest BCUT2D eigenvalue weighted by Crippen LogP contribution is -2.33. The van der Waals surface area contributed by atoms with Gasteiger partial charge in [0.15, 0.2) is 5.60 Å². The summed E-state index contributed by atoms with van der Waals surface area (Å²) in [7, 11) is 0. The second-order valence-corrected chi connectivity index (χ2v) is 9.93. The largest absolute Gasteiger partial charge is 0.456 e. The molecule has 43 heavy (non-hydrogen) atoms. The Morgan fingerprint density at radius 3 is 1.77 bits per heavy atom. The molecule has 2 aliphatic rings. The number of carbonyl (C=O) groups is 5. The monoisotopic (exact) mass is 588 g/mol. The first-order chi connectivity index (χ1) is 20.5. The minimum atomic E-state index is -1.52. The van der Waals surface area contributed by atoms with Gasteiger partial charge in [-0.2, -0.15) is 0 Å². The Morgan fingerprint density at radius 2 is 1.28 bits per heavy atom. The topological polar surface area (TPSA) is 141 Å². The van der Waals surface area contributed by atoms with Crippen molar-refractivity contribution in [3.63, 3.8) is 0 Å². The van der Waals surface area contributed by atoms with Crippen LogP contribution in [0.15, 0.2) is 42.5 Å². The van der Waals surface area contributed by atoms with E-state index in [2.05, 4.69) is 4.74 Å². The van der Waals surface area contributed by atoms with Crippen molar-refractivity contribution >= 4 is 29.8 Å². The number of carbonyl (C=O) groups excluding carboxylic acids is 5. The minimum Gasteiger partial charge on any atom is -0.456 e. The average Bonchev–Trinajstić information content (AvgIpc) is 3.23. The summed E-state index contributed by atoms with van der Waals surface area (Å²) in [6.45, 7) is 6.97. The highest BCUT2D eigenvalue weighted by Gasteiger charge is 2.54. The second-order valence-electron chi connectivity index (χ2n) is 9.93. The lowest BCUT2D eigenvalue weighted by Gasteiger charge is -2.37. The van der Waals surface area contributed by atoms with E-state index in [0.29, 0.717) is 40.7 Å². The summed E-state index contributed by atoms with van der Waals surface area (Å²) in [5.74, 6) is -2.07. The van der Waals surface area contributed by atoms with Gasteiger partial charge in [-0.25, -0.2) is 9.59 Å². The van der Waals surface area contributed by atoms with E-state index in [1.165, 1.54) is 32.9 Å². The van der Waals surface area contributed by atoms with Gasteiger partial charge in [-0.15, -0.1) is 0 Å². The van der Waals surface area contributed by atoms with Crippen LogP contribution in [-0.2, 0) is 47.0 Å². The predicted octanol–water partition coefficient (Wildman–Crippen LogP) is 4.91. The molecule has 0 fully saturated rings. The summed E-state index contributed by atoms with van der Waals surface area (Å²) in [6, 6.07) is 11.1. The smallest absolute Gasteiger partial charge is 0.341 e. The first kappa shape index (κ1) is 29.3. The SMILES string of the molecule is CCc1cc2c(cc1OC(C)=O)Oc1cc(OC(C)=O)c(CC)cc1C21OC(=O)c2cc(C(=O)OCOC(C)=O)ccc21. The molecule has 0 N–H and O–H groups in total. The molecule has 0 saturated heterocycles. The molecule has 0 aliphatic carbocycles. The number of hydrogen-bond donors (Lipinski definition) is 0. The standard InChI is InChI=1S/C32H28O11/c1-6-19-11-24-28(13-26(19)40-17(4)34)42-29-14-27(41-18(5)35)20(7-2)12-25(29)32(24)23-9-8-21(10-22(23)31(37)43-32)30(36)39-15-38-16(3)33/h8-14H,6-7,15H2,1-5H3. The van der Waals surface area contributed by atoms with E-state index in [1.807, 2.05) is 13.8 Å². The van der Waals surface area contributed by atoms with E-state index in [1.54, 1.807) is 30.3 Å². The van der Waals surface area contributed by atoms with Crippen molar-refractivity contribution in [3.8, 4) is 23.0 Å². The zero-order valence-corrected chi connectivity index (χ0v) is 24.2. The van der Waals surface area contributed by atoms with Crippen molar-refractivity contribution in [1.82, 2.24) is 0 Å². The van der Waals surface area contributed by atoms with Crippen molar-refractivity contribution in [1.29, 1.82) is 0 Å². The van der Waals surface area contributed by atoms with Crippen LogP contribution in [0.4, 0.5) is 0 Å². The van der Waals surface area contributed by atoms with Crippen LogP contribution in [0.2, 0.25) is 0 Å². The third-order valence-electron chi connectivity index (χ3n) is 7.13. The Morgan fingerprint density at radius 1 is 0.721 bits per heavy atom. The fourth-order valence-corrected chi connectivity index (χ4v) is 5.29. The third-order valence-corrected chi connectivity index (χ3v) is 7.13. The van der Waals surface area contributed by atoms with Gasteiger partial charge in [-0.1, -0.05) is 19.9 Å². The third kappa shape index (κ3) is 5.18. The van der Waals surface area contributed by atoms with Gasteiger partial charge in [-0.3, -0.25) is 14.4 Å². The fraction of sp³-hybridized carbons (Fsp3) is 0.281. The maximum Gasteiger partial charge on any atom is 0.341 e. The second kappa shape index (κ2) is 11.2. The highest BCUT2D eigenvalue weighted by atomic mass is 16.7. The van der Waals surface area contributed by atoms with Crippen molar-refractivity contribution < 1.29 is 52.4 Å². The molecule has 0 atom stereocenters. The highest BCUT2D eigenvalue weighted by Crippen LogP contribution is 2.58. The maximum absolute atomic E-state index is 13.5. The summed E-state index contributed by atoms with van der Waals surface area (Å²) in [4.78, 5) is 61.0. The summed E-state index contributed by atoms with van der Waals surface area (Å²) >= 11 is 0. The van der Waals surface area contributed by atoms with Crippen LogP contribution in [0.1, 0.15) is 83.2 Å². The van der Waals surface area contributed by atoms with Gasteiger partial charge in [0.1, 0.15) is 23.0 Å². The van der Waals surface area contributed by atoms with E-state index in [4.69, 9.17) is 23.7 Å². The van der Waals surface area contributed by atoms with Crippen molar-refractivity contribution in [2.24, 2.45) is 0 Å². The number of benzene rings is 3. The Bertz CT molecular complexity index is 1630. The van der Waals surface area contributed by atoms with Gasteiger partial charge < -0.3 is 28.4 Å². The zero-order chi connectivity index (χ0) is 31.1. The number of hydrogen-bond acceptors (Lipinski definition) is 11. The molecule has 0 aromatic heterocycles. The van der Waals surface area contributed by atoms with E-state index in [-0.39, 0.29) is 34.1 Å². The molecule has 11 heteroatoms. The predicted molar refractivity (Wildman–Crippen MR) is 148 cm³/mol. The van der Waals surface area contributed by atoms with Gasteiger partial charge in [0, 0.05) is 49.6 Å². The Hall–Kier alpha value is -5.19. The van der Waals surface area contributed by atoms with Gasteiger partial charge >= 0.3 is 29.8 Å². The van der Waals surface area contributed by atoms with Crippen molar-refractivity contribution in [2.75, 3.05) is 6.79 Å². The van der Waals surface area contributed by atoms with Crippen molar-refractivity contribution in [2.45, 2.75) is 53.1 Å². The van der Waals surface area contributed by atoms with E-state index in [9.17, 15) is 24.0 Å². The van der Waals surface area contributed by atoms with Gasteiger partial charge in [0.2, 0.25) is 6.79 Å². The number of aryl methyl sites for hydroxylation is 2. The van der Waals surface area contributed by atoms with Crippen LogP contribution in [0.25, 0.3) is 0 Å². The summed E-state index contributed by atoms with van der Waals surface area (Å²) < 4.78 is 33.1. The molecule has 222 valence electrons. The van der Waals surface area contributed by atoms with Crippen LogP contribution in [-0.4, -0.2) is 36.6 Å². The molecular formula is C32H28O11. The van der Waals surface area contributed by atoms with Crippen LogP contribution in [0, 0.1) is 0 Å². The average molecular weight is 589 g/mol. The fourth-order valence-electron chi connectivity index (χ4n) is 5.29. The molecule has 3 aromatic rings. The molecule has 0 radical (unpaired) electrons. The van der Waals surface area contributed by atoms with Crippen LogP contribution >= 0.6 is 0 Å². The molecule has 11 nitrogen and oxygen atoms in total. The number of fused-ring (bicyclic) bond motifs is 6. The summed E-state index contributed by atoms with van der Waals surface area (Å²) in [5, 5.41) is 0. The number of rotatable bonds is 7. The molecule has 3 aromatic carbocycles. The molecule has 0 amide bonds. The molecule has 5 rings (SSSR count). The van der Waals surface area contributed by atoms with E-state index in [0.717, 1.165) is 0 Å². The Kier molecular flexibility index (Phi) is 7.66. The number of ether oxygens (including phenoxy) is 6.